The monoisotopic (exact) mass is 367 g/mol. The summed E-state index contributed by atoms with van der Waals surface area (Å²) in [5.74, 6) is 0.154. The van der Waals surface area contributed by atoms with Gasteiger partial charge in [-0.1, -0.05) is 44.2 Å². The average Bonchev–Trinajstić information content (AvgIpc) is 2.67. The molecule has 5 nitrogen and oxygen atoms in total. The van der Waals surface area contributed by atoms with Crippen molar-refractivity contribution in [2.75, 3.05) is 13.2 Å². The predicted molar refractivity (Wildman–Crippen MR) is 105 cm³/mol. The number of hydrogen-bond acceptors (Lipinski definition) is 4. The molecule has 0 aliphatic heterocycles. The van der Waals surface area contributed by atoms with E-state index in [0.29, 0.717) is 23.8 Å². The van der Waals surface area contributed by atoms with Gasteiger partial charge in [0.05, 0.1) is 13.2 Å². The lowest BCUT2D eigenvalue weighted by molar-refractivity contribution is -0.138. The minimum absolute atomic E-state index is 0.0909. The number of hydrogen-bond donors (Lipinski definition) is 1. The van der Waals surface area contributed by atoms with E-state index in [4.69, 9.17) is 9.47 Å². The van der Waals surface area contributed by atoms with Gasteiger partial charge in [-0.3, -0.25) is 4.79 Å². The standard InChI is InChI=1S/C22H25NO4/c1-4-26-22(25)20(14-17-8-6-5-7-9-17)23-21(24)18-10-12-19(13-11-18)27-15-16(2)3/h5-14,16H,4,15H2,1-3H3,(H,23,24)/b20-14-. The summed E-state index contributed by atoms with van der Waals surface area (Å²) in [6.45, 7) is 6.69. The highest BCUT2D eigenvalue weighted by molar-refractivity contribution is 6.03. The van der Waals surface area contributed by atoms with Gasteiger partial charge < -0.3 is 14.8 Å². The molecule has 1 N–H and O–H groups in total. The molecule has 27 heavy (non-hydrogen) atoms. The molecule has 0 bridgehead atoms. The third-order valence-electron chi connectivity index (χ3n) is 3.55. The number of ether oxygens (including phenoxy) is 2. The van der Waals surface area contributed by atoms with Crippen LogP contribution in [-0.2, 0) is 9.53 Å². The fourth-order valence-electron chi connectivity index (χ4n) is 2.23. The zero-order valence-corrected chi connectivity index (χ0v) is 15.9. The highest BCUT2D eigenvalue weighted by atomic mass is 16.5. The van der Waals surface area contributed by atoms with Gasteiger partial charge in [0, 0.05) is 5.56 Å². The lowest BCUT2D eigenvalue weighted by Crippen LogP contribution is -2.28. The SMILES string of the molecule is CCOC(=O)/C(=C/c1ccccc1)NC(=O)c1ccc(OCC(C)C)cc1. The van der Waals surface area contributed by atoms with E-state index >= 15 is 0 Å². The van der Waals surface area contributed by atoms with Gasteiger partial charge in [0.15, 0.2) is 0 Å². The number of rotatable bonds is 8. The molecule has 0 spiro atoms. The molecule has 0 radical (unpaired) electrons. The van der Waals surface area contributed by atoms with E-state index in [2.05, 4.69) is 19.2 Å². The number of nitrogens with one attached hydrogen (secondary N) is 1. The highest BCUT2D eigenvalue weighted by Gasteiger charge is 2.15. The molecule has 2 rings (SSSR count). The van der Waals surface area contributed by atoms with Crippen LogP contribution < -0.4 is 10.1 Å². The van der Waals surface area contributed by atoms with Crippen LogP contribution in [0.5, 0.6) is 5.75 Å². The van der Waals surface area contributed by atoms with Gasteiger partial charge >= 0.3 is 5.97 Å². The average molecular weight is 367 g/mol. The summed E-state index contributed by atoms with van der Waals surface area (Å²) in [6, 6.07) is 16.1. The van der Waals surface area contributed by atoms with Crippen LogP contribution in [0.15, 0.2) is 60.3 Å². The van der Waals surface area contributed by atoms with Crippen LogP contribution in [0.1, 0.15) is 36.7 Å². The van der Waals surface area contributed by atoms with Crippen molar-refractivity contribution in [3.8, 4) is 5.75 Å². The van der Waals surface area contributed by atoms with E-state index < -0.39 is 5.97 Å². The highest BCUT2D eigenvalue weighted by Crippen LogP contribution is 2.14. The third-order valence-corrected chi connectivity index (χ3v) is 3.55. The lowest BCUT2D eigenvalue weighted by Gasteiger charge is -2.11. The molecule has 0 aromatic heterocycles. The molecular formula is C22H25NO4. The maximum atomic E-state index is 12.5. The molecule has 142 valence electrons. The first kappa shape index (κ1) is 20.2. The van der Waals surface area contributed by atoms with Crippen molar-refractivity contribution in [2.24, 2.45) is 5.92 Å². The fourth-order valence-corrected chi connectivity index (χ4v) is 2.23. The Morgan fingerprint density at radius 2 is 1.70 bits per heavy atom. The molecule has 0 aliphatic rings. The Kier molecular flexibility index (Phi) is 7.62. The van der Waals surface area contributed by atoms with Gasteiger partial charge in [0.1, 0.15) is 11.4 Å². The summed E-state index contributed by atoms with van der Waals surface area (Å²) < 4.78 is 10.7. The largest absolute Gasteiger partial charge is 0.493 e. The molecule has 0 fully saturated rings. The predicted octanol–water partition coefficient (Wildman–Crippen LogP) is 4.06. The molecule has 0 atom stereocenters. The Labute approximate surface area is 160 Å². The van der Waals surface area contributed by atoms with Crippen LogP contribution in [-0.4, -0.2) is 25.1 Å². The second-order valence-electron chi connectivity index (χ2n) is 6.37. The minimum atomic E-state index is -0.577. The van der Waals surface area contributed by atoms with Crippen molar-refractivity contribution in [3.63, 3.8) is 0 Å². The van der Waals surface area contributed by atoms with Crippen LogP contribution in [0, 0.1) is 5.92 Å². The van der Waals surface area contributed by atoms with Crippen molar-refractivity contribution < 1.29 is 19.1 Å². The van der Waals surface area contributed by atoms with E-state index in [0.717, 1.165) is 5.56 Å². The number of carbonyl (C=O) groups is 2. The first-order valence-corrected chi connectivity index (χ1v) is 8.97. The molecule has 2 aromatic carbocycles. The van der Waals surface area contributed by atoms with Crippen molar-refractivity contribution in [1.29, 1.82) is 0 Å². The number of amides is 1. The van der Waals surface area contributed by atoms with E-state index in [1.54, 1.807) is 37.3 Å². The Morgan fingerprint density at radius 1 is 1.04 bits per heavy atom. The Bertz CT molecular complexity index is 780. The van der Waals surface area contributed by atoms with Gasteiger partial charge in [-0.05, 0) is 48.7 Å². The second-order valence-corrected chi connectivity index (χ2v) is 6.37. The quantitative estimate of drug-likeness (QED) is 0.565. The maximum Gasteiger partial charge on any atom is 0.354 e. The van der Waals surface area contributed by atoms with Crippen molar-refractivity contribution in [1.82, 2.24) is 5.32 Å². The van der Waals surface area contributed by atoms with Gasteiger partial charge in [0.2, 0.25) is 0 Å². The summed E-state index contributed by atoms with van der Waals surface area (Å²) in [5.41, 5.74) is 1.31. The summed E-state index contributed by atoms with van der Waals surface area (Å²) in [7, 11) is 0. The summed E-state index contributed by atoms with van der Waals surface area (Å²) in [4.78, 5) is 24.7. The molecule has 0 saturated heterocycles. The number of esters is 1. The molecule has 2 aromatic rings. The summed E-state index contributed by atoms with van der Waals surface area (Å²) >= 11 is 0. The van der Waals surface area contributed by atoms with Gasteiger partial charge in [0.25, 0.3) is 5.91 Å². The first-order valence-electron chi connectivity index (χ1n) is 8.97. The summed E-state index contributed by atoms with van der Waals surface area (Å²) in [5, 5.41) is 2.64. The first-order chi connectivity index (χ1) is 13.0. The van der Waals surface area contributed by atoms with Crippen molar-refractivity contribution >= 4 is 18.0 Å². The smallest absolute Gasteiger partial charge is 0.354 e. The lowest BCUT2D eigenvalue weighted by atomic mass is 10.1. The second kappa shape index (κ2) is 10.2. The molecular weight excluding hydrogens is 342 g/mol. The van der Waals surface area contributed by atoms with Crippen LogP contribution >= 0.6 is 0 Å². The van der Waals surface area contributed by atoms with Crippen LogP contribution in [0.4, 0.5) is 0 Å². The normalized spacial score (nSPS) is 11.2. The van der Waals surface area contributed by atoms with Gasteiger partial charge in [-0.2, -0.15) is 0 Å². The van der Waals surface area contributed by atoms with E-state index in [9.17, 15) is 9.59 Å². The molecule has 0 heterocycles. The Morgan fingerprint density at radius 3 is 2.30 bits per heavy atom. The minimum Gasteiger partial charge on any atom is -0.493 e. The fraction of sp³-hybridized carbons (Fsp3) is 0.273. The summed E-state index contributed by atoms with van der Waals surface area (Å²) in [6.07, 6.45) is 1.59. The van der Waals surface area contributed by atoms with Crippen LogP contribution in [0.2, 0.25) is 0 Å². The van der Waals surface area contributed by atoms with Crippen molar-refractivity contribution in [3.05, 3.63) is 71.4 Å². The van der Waals surface area contributed by atoms with Crippen molar-refractivity contribution in [2.45, 2.75) is 20.8 Å². The molecule has 0 unspecified atom stereocenters. The van der Waals surface area contributed by atoms with E-state index in [1.807, 2.05) is 30.3 Å². The van der Waals surface area contributed by atoms with Crippen LogP contribution in [0.3, 0.4) is 0 Å². The van der Waals surface area contributed by atoms with Gasteiger partial charge in [-0.25, -0.2) is 4.79 Å². The Hall–Kier alpha value is -3.08. The molecule has 0 aliphatic carbocycles. The maximum absolute atomic E-state index is 12.5. The Balaban J connectivity index is 2.13. The zero-order valence-electron chi connectivity index (χ0n) is 15.9. The van der Waals surface area contributed by atoms with Crippen LogP contribution in [0.25, 0.3) is 6.08 Å². The van der Waals surface area contributed by atoms with E-state index in [1.165, 1.54) is 0 Å². The van der Waals surface area contributed by atoms with Gasteiger partial charge in [-0.15, -0.1) is 0 Å². The third kappa shape index (κ3) is 6.62. The molecule has 0 saturated carbocycles. The topological polar surface area (TPSA) is 64.6 Å². The van der Waals surface area contributed by atoms with E-state index in [-0.39, 0.29) is 18.2 Å². The number of benzene rings is 2. The zero-order chi connectivity index (χ0) is 19.6. The number of carbonyl (C=O) groups excluding carboxylic acids is 2. The molecule has 5 heteroatoms. The molecule has 1 amide bonds.